The van der Waals surface area contributed by atoms with Crippen LogP contribution in [0.1, 0.15) is 20.3 Å². The van der Waals surface area contributed by atoms with Crippen molar-refractivity contribution in [2.24, 2.45) is 5.41 Å². The van der Waals surface area contributed by atoms with E-state index in [0.717, 1.165) is 0 Å². The molecule has 0 radical (unpaired) electrons. The first-order valence-corrected chi connectivity index (χ1v) is 7.33. The lowest BCUT2D eigenvalue weighted by atomic mass is 9.90. The average Bonchev–Trinajstić information content (AvgIpc) is 2.34. The Morgan fingerprint density at radius 2 is 1.80 bits per heavy atom. The van der Waals surface area contributed by atoms with Crippen molar-refractivity contribution in [2.75, 3.05) is 13.2 Å². The summed E-state index contributed by atoms with van der Waals surface area (Å²) in [6.45, 7) is 3.20. The van der Waals surface area contributed by atoms with Crippen LogP contribution < -0.4 is 4.72 Å². The molecule has 0 saturated heterocycles. The highest BCUT2D eigenvalue weighted by Gasteiger charge is 2.26. The highest BCUT2D eigenvalue weighted by molar-refractivity contribution is 7.89. The van der Waals surface area contributed by atoms with Crippen molar-refractivity contribution >= 4 is 10.0 Å². The Hall–Kier alpha value is -1.12. The number of nitrogens with one attached hydrogen (secondary N) is 1. The van der Waals surface area contributed by atoms with Crippen LogP contribution in [0.3, 0.4) is 0 Å². The molecule has 0 heterocycles. The third-order valence-corrected chi connectivity index (χ3v) is 4.24. The van der Waals surface area contributed by atoms with Crippen molar-refractivity contribution in [2.45, 2.75) is 25.2 Å². The van der Waals surface area contributed by atoms with Crippen molar-refractivity contribution in [3.05, 3.63) is 29.6 Å². The molecule has 1 rings (SSSR count). The van der Waals surface area contributed by atoms with E-state index >= 15 is 0 Å². The summed E-state index contributed by atoms with van der Waals surface area (Å²) < 4.78 is 65.1. The predicted octanol–water partition coefficient (Wildman–Crippen LogP) is 1.79. The number of hydrogen-bond acceptors (Lipinski definition) is 3. The van der Waals surface area contributed by atoms with E-state index in [9.17, 15) is 21.6 Å². The highest BCUT2D eigenvalue weighted by atomic mass is 32.2. The monoisotopic (exact) mass is 311 g/mol. The molecule has 1 aromatic carbocycles. The molecule has 0 atom stereocenters. The summed E-state index contributed by atoms with van der Waals surface area (Å²) in [4.78, 5) is -0.948. The maximum Gasteiger partial charge on any atom is 0.243 e. The number of halogens is 3. The summed E-state index contributed by atoms with van der Waals surface area (Å²) >= 11 is 0. The molecule has 0 unspecified atom stereocenters. The van der Waals surface area contributed by atoms with Gasteiger partial charge in [0.25, 0.3) is 0 Å². The number of benzene rings is 1. The predicted molar refractivity (Wildman–Crippen MR) is 67.0 cm³/mol. The van der Waals surface area contributed by atoms with Gasteiger partial charge in [-0.25, -0.2) is 26.3 Å². The van der Waals surface area contributed by atoms with Gasteiger partial charge in [-0.15, -0.1) is 0 Å². The summed E-state index contributed by atoms with van der Waals surface area (Å²) in [7, 11) is -4.30. The van der Waals surface area contributed by atoms with Crippen LogP contribution in [0, 0.1) is 22.9 Å². The van der Waals surface area contributed by atoms with E-state index < -0.39 is 37.8 Å². The Kier molecular flexibility index (Phi) is 5.17. The van der Waals surface area contributed by atoms with Gasteiger partial charge < -0.3 is 5.11 Å². The van der Waals surface area contributed by atoms with Crippen molar-refractivity contribution < 1.29 is 26.7 Å². The largest absolute Gasteiger partial charge is 0.396 e. The van der Waals surface area contributed by atoms with Gasteiger partial charge in [0.1, 0.15) is 4.90 Å². The van der Waals surface area contributed by atoms with Crippen molar-refractivity contribution in [3.8, 4) is 0 Å². The average molecular weight is 311 g/mol. The second-order valence-electron chi connectivity index (χ2n) is 5.14. The fourth-order valence-corrected chi connectivity index (χ4v) is 2.78. The molecule has 0 saturated carbocycles. The summed E-state index contributed by atoms with van der Waals surface area (Å²) in [6, 6.07) is 1.21. The first-order valence-electron chi connectivity index (χ1n) is 5.85. The number of hydrogen-bond donors (Lipinski definition) is 2. The third kappa shape index (κ3) is 3.94. The van der Waals surface area contributed by atoms with Crippen LogP contribution in [0.15, 0.2) is 17.0 Å². The number of aliphatic hydroxyl groups is 1. The molecule has 2 N–H and O–H groups in total. The molecule has 0 fully saturated rings. The van der Waals surface area contributed by atoms with Crippen LogP contribution in [0.2, 0.25) is 0 Å². The van der Waals surface area contributed by atoms with Gasteiger partial charge in [-0.2, -0.15) is 0 Å². The van der Waals surface area contributed by atoms with E-state index in [4.69, 9.17) is 5.11 Å². The number of sulfonamides is 1. The number of rotatable bonds is 6. The van der Waals surface area contributed by atoms with Gasteiger partial charge >= 0.3 is 0 Å². The Balaban J connectivity index is 2.99. The minimum Gasteiger partial charge on any atom is -0.396 e. The van der Waals surface area contributed by atoms with Crippen LogP contribution in [-0.2, 0) is 10.0 Å². The standard InChI is InChI=1S/C12H16F3NO3S/c1-12(2,5-6-17)7-16-20(18,19)9-4-3-8(13)10(14)11(9)15/h3-4,16-17H,5-7H2,1-2H3. The second kappa shape index (κ2) is 6.11. The zero-order chi connectivity index (χ0) is 15.6. The van der Waals surface area contributed by atoms with E-state index in [0.29, 0.717) is 18.6 Å². The number of aliphatic hydroxyl groups excluding tert-OH is 1. The lowest BCUT2D eigenvalue weighted by Gasteiger charge is -2.23. The van der Waals surface area contributed by atoms with Crippen molar-refractivity contribution in [1.82, 2.24) is 4.72 Å². The molecule has 0 aromatic heterocycles. The van der Waals surface area contributed by atoms with Gasteiger partial charge in [0.15, 0.2) is 17.5 Å². The molecule has 0 amide bonds. The Morgan fingerprint density at radius 1 is 1.20 bits per heavy atom. The van der Waals surface area contributed by atoms with Crippen molar-refractivity contribution in [3.63, 3.8) is 0 Å². The van der Waals surface area contributed by atoms with Gasteiger partial charge in [-0.05, 0) is 24.0 Å². The molecular formula is C12H16F3NO3S. The van der Waals surface area contributed by atoms with Gasteiger partial charge in [-0.3, -0.25) is 0 Å². The van der Waals surface area contributed by atoms with E-state index in [1.54, 1.807) is 13.8 Å². The molecule has 0 aliphatic carbocycles. The quantitative estimate of drug-likeness (QED) is 0.787. The van der Waals surface area contributed by atoms with E-state index in [-0.39, 0.29) is 13.2 Å². The SMILES string of the molecule is CC(C)(CCO)CNS(=O)(=O)c1ccc(F)c(F)c1F. The molecule has 0 aliphatic heterocycles. The molecule has 0 aliphatic rings. The summed E-state index contributed by atoms with van der Waals surface area (Å²) in [5.41, 5.74) is -0.559. The first-order chi connectivity index (χ1) is 9.10. The molecule has 4 nitrogen and oxygen atoms in total. The summed E-state index contributed by atoms with van der Waals surface area (Å²) in [6.07, 6.45) is 0.329. The molecular weight excluding hydrogens is 295 g/mol. The minimum atomic E-state index is -4.30. The maximum absolute atomic E-state index is 13.5. The first kappa shape index (κ1) is 16.9. The smallest absolute Gasteiger partial charge is 0.243 e. The van der Waals surface area contributed by atoms with Crippen LogP contribution in [0.25, 0.3) is 0 Å². The topological polar surface area (TPSA) is 66.4 Å². The molecule has 1 aromatic rings. The highest BCUT2D eigenvalue weighted by Crippen LogP contribution is 2.22. The fourth-order valence-electron chi connectivity index (χ4n) is 1.47. The van der Waals surface area contributed by atoms with Crippen LogP contribution >= 0.6 is 0 Å². The third-order valence-electron chi connectivity index (χ3n) is 2.82. The summed E-state index contributed by atoms with van der Waals surface area (Å²) in [5, 5.41) is 8.83. The lowest BCUT2D eigenvalue weighted by molar-refractivity contribution is 0.213. The second-order valence-corrected chi connectivity index (χ2v) is 6.87. The van der Waals surface area contributed by atoms with Gasteiger partial charge in [-0.1, -0.05) is 13.8 Å². The Labute approximate surface area is 115 Å². The van der Waals surface area contributed by atoms with E-state index in [1.165, 1.54) is 0 Å². The fraction of sp³-hybridized carbons (Fsp3) is 0.500. The van der Waals surface area contributed by atoms with Crippen LogP contribution in [0.4, 0.5) is 13.2 Å². The van der Waals surface area contributed by atoms with Crippen LogP contribution in [-0.4, -0.2) is 26.7 Å². The Morgan fingerprint density at radius 3 is 2.35 bits per heavy atom. The molecule has 0 bridgehead atoms. The van der Waals surface area contributed by atoms with Gasteiger partial charge in [0.05, 0.1) is 0 Å². The zero-order valence-electron chi connectivity index (χ0n) is 11.1. The Bertz CT molecular complexity index is 588. The molecule has 114 valence electrons. The normalized spacial score (nSPS) is 12.7. The molecule has 8 heteroatoms. The molecule has 0 spiro atoms. The minimum absolute atomic E-state index is 0.0751. The van der Waals surface area contributed by atoms with Crippen LogP contribution in [0.5, 0.6) is 0 Å². The maximum atomic E-state index is 13.5. The van der Waals surface area contributed by atoms with E-state index in [2.05, 4.69) is 4.72 Å². The lowest BCUT2D eigenvalue weighted by Crippen LogP contribution is -2.35. The van der Waals surface area contributed by atoms with E-state index in [1.807, 2.05) is 0 Å². The molecule has 20 heavy (non-hydrogen) atoms. The summed E-state index contributed by atoms with van der Waals surface area (Å²) in [5.74, 6) is -5.04. The van der Waals surface area contributed by atoms with Gasteiger partial charge in [0.2, 0.25) is 10.0 Å². The van der Waals surface area contributed by atoms with Crippen molar-refractivity contribution in [1.29, 1.82) is 0 Å². The zero-order valence-corrected chi connectivity index (χ0v) is 11.9. The van der Waals surface area contributed by atoms with Gasteiger partial charge in [0, 0.05) is 13.2 Å².